The summed E-state index contributed by atoms with van der Waals surface area (Å²) in [6.07, 6.45) is 3.11. The van der Waals surface area contributed by atoms with E-state index in [2.05, 4.69) is 0 Å². The summed E-state index contributed by atoms with van der Waals surface area (Å²) in [4.78, 5) is 24.2. The van der Waals surface area contributed by atoms with E-state index in [-0.39, 0.29) is 11.5 Å². The number of aliphatic carboxylic acids is 1. The fraction of sp³-hybridized carbons (Fsp3) is 0.158. The van der Waals surface area contributed by atoms with E-state index in [4.69, 9.17) is 19.3 Å². The summed E-state index contributed by atoms with van der Waals surface area (Å²) in [5.41, 5.74) is 1.14. The number of hydrogen-bond acceptors (Lipinski definition) is 6. The Morgan fingerprint density at radius 2 is 2.04 bits per heavy atom. The number of rotatable bonds is 7. The average Bonchev–Trinajstić information content (AvgIpc) is 3.11. The van der Waals surface area contributed by atoms with Gasteiger partial charge in [-0.25, -0.2) is 4.79 Å². The molecule has 2 aromatic rings. The van der Waals surface area contributed by atoms with Crippen molar-refractivity contribution >= 4 is 29.6 Å². The molecule has 2 aromatic carbocycles. The summed E-state index contributed by atoms with van der Waals surface area (Å²) < 4.78 is 15.8. The molecular formula is C19H16O6S. The Labute approximate surface area is 154 Å². The zero-order chi connectivity index (χ0) is 18.5. The molecule has 1 N–H and O–H groups in total. The highest BCUT2D eigenvalue weighted by Gasteiger charge is 2.20. The summed E-state index contributed by atoms with van der Waals surface area (Å²) in [7, 11) is 1.59. The molecule has 7 heteroatoms. The lowest BCUT2D eigenvalue weighted by atomic mass is 10.1. The standard InChI is InChI=1S/C19H16O6S/c1-23-13-5-2-12(3-6-13)4-7-15(20)14-8-18-17(25-11-26-18)9-16(14)24-10-19(21)22/h2-9H,10-11H2,1H3,(H,21,22)/b7-4+. The van der Waals surface area contributed by atoms with Crippen LogP contribution >= 0.6 is 11.8 Å². The Hall–Kier alpha value is -2.93. The van der Waals surface area contributed by atoms with Gasteiger partial charge < -0.3 is 19.3 Å². The van der Waals surface area contributed by atoms with E-state index in [0.29, 0.717) is 17.3 Å². The SMILES string of the molecule is COc1ccc(/C=C/C(=O)c2cc3c(cc2OCC(=O)O)OCS3)cc1. The number of hydrogen-bond donors (Lipinski definition) is 1. The first-order chi connectivity index (χ1) is 12.6. The second-order valence-electron chi connectivity index (χ2n) is 5.35. The van der Waals surface area contributed by atoms with E-state index < -0.39 is 12.6 Å². The normalized spacial score (nSPS) is 12.5. The number of fused-ring (bicyclic) bond motifs is 1. The molecule has 0 unspecified atom stereocenters. The van der Waals surface area contributed by atoms with Crippen LogP contribution in [0.2, 0.25) is 0 Å². The molecule has 6 nitrogen and oxygen atoms in total. The van der Waals surface area contributed by atoms with E-state index in [9.17, 15) is 9.59 Å². The Kier molecular flexibility index (Phi) is 5.48. The number of ketones is 1. The van der Waals surface area contributed by atoms with Crippen LogP contribution in [0.1, 0.15) is 15.9 Å². The van der Waals surface area contributed by atoms with Gasteiger partial charge in [-0.15, -0.1) is 0 Å². The van der Waals surface area contributed by atoms with Gasteiger partial charge in [0.15, 0.2) is 12.4 Å². The number of thioether (sulfide) groups is 1. The lowest BCUT2D eigenvalue weighted by molar-refractivity contribution is -0.139. The van der Waals surface area contributed by atoms with Crippen LogP contribution in [0.5, 0.6) is 17.2 Å². The molecular weight excluding hydrogens is 356 g/mol. The molecule has 3 rings (SSSR count). The Balaban J connectivity index is 1.84. The molecule has 1 aliphatic heterocycles. The van der Waals surface area contributed by atoms with E-state index in [1.165, 1.54) is 17.8 Å². The van der Waals surface area contributed by atoms with Crippen LogP contribution in [0, 0.1) is 0 Å². The number of benzene rings is 2. The summed E-state index contributed by atoms with van der Waals surface area (Å²) in [5.74, 6) is 0.564. The molecule has 0 aliphatic carbocycles. The van der Waals surface area contributed by atoms with Crippen LogP contribution in [-0.4, -0.2) is 36.5 Å². The maximum Gasteiger partial charge on any atom is 0.341 e. The van der Waals surface area contributed by atoms with Crippen molar-refractivity contribution in [2.45, 2.75) is 4.90 Å². The zero-order valence-electron chi connectivity index (χ0n) is 13.9. The van der Waals surface area contributed by atoms with Gasteiger partial charge in [0, 0.05) is 6.07 Å². The van der Waals surface area contributed by atoms with Crippen LogP contribution in [0.4, 0.5) is 0 Å². The zero-order valence-corrected chi connectivity index (χ0v) is 14.7. The van der Waals surface area contributed by atoms with E-state index in [1.807, 2.05) is 12.1 Å². The molecule has 0 aromatic heterocycles. The average molecular weight is 372 g/mol. The van der Waals surface area contributed by atoms with Gasteiger partial charge in [-0.2, -0.15) is 0 Å². The predicted octanol–water partition coefficient (Wildman–Crippen LogP) is 3.50. The molecule has 0 atom stereocenters. The predicted molar refractivity (Wildman–Crippen MR) is 97.3 cm³/mol. The topological polar surface area (TPSA) is 82.1 Å². The van der Waals surface area contributed by atoms with Crippen LogP contribution < -0.4 is 14.2 Å². The largest absolute Gasteiger partial charge is 0.497 e. The van der Waals surface area contributed by atoms with Crippen LogP contribution in [-0.2, 0) is 4.79 Å². The molecule has 0 saturated heterocycles. The lowest BCUT2D eigenvalue weighted by Gasteiger charge is -2.10. The second kappa shape index (κ2) is 7.97. The highest BCUT2D eigenvalue weighted by molar-refractivity contribution is 7.99. The Morgan fingerprint density at radius 1 is 1.27 bits per heavy atom. The van der Waals surface area contributed by atoms with Crippen molar-refractivity contribution in [2.24, 2.45) is 0 Å². The third-order valence-electron chi connectivity index (χ3n) is 3.63. The van der Waals surface area contributed by atoms with Gasteiger partial charge in [-0.05, 0) is 29.8 Å². The molecule has 1 aliphatic rings. The molecule has 0 fully saturated rings. The fourth-order valence-corrected chi connectivity index (χ4v) is 3.13. The van der Waals surface area contributed by atoms with E-state index in [0.717, 1.165) is 16.2 Å². The minimum Gasteiger partial charge on any atom is -0.497 e. The van der Waals surface area contributed by atoms with Gasteiger partial charge >= 0.3 is 5.97 Å². The Bertz CT molecular complexity index is 857. The fourth-order valence-electron chi connectivity index (χ4n) is 2.35. The minimum absolute atomic E-state index is 0.193. The quantitative estimate of drug-likeness (QED) is 0.588. The number of carboxylic acid groups (broad SMARTS) is 1. The number of ether oxygens (including phenoxy) is 3. The number of carboxylic acids is 1. The van der Waals surface area contributed by atoms with Crippen LogP contribution in [0.3, 0.4) is 0 Å². The van der Waals surface area contributed by atoms with Crippen molar-refractivity contribution in [1.29, 1.82) is 0 Å². The molecule has 0 spiro atoms. The summed E-state index contributed by atoms with van der Waals surface area (Å²) >= 11 is 1.47. The lowest BCUT2D eigenvalue weighted by Crippen LogP contribution is -2.11. The molecule has 0 saturated carbocycles. The summed E-state index contributed by atoms with van der Waals surface area (Å²) in [5, 5.41) is 8.82. The van der Waals surface area contributed by atoms with Crippen molar-refractivity contribution in [1.82, 2.24) is 0 Å². The van der Waals surface area contributed by atoms with Crippen LogP contribution in [0.15, 0.2) is 47.4 Å². The maximum absolute atomic E-state index is 12.6. The number of carbonyl (C=O) groups is 2. The van der Waals surface area contributed by atoms with Gasteiger partial charge in [0.1, 0.15) is 23.2 Å². The van der Waals surface area contributed by atoms with Gasteiger partial charge in [0.05, 0.1) is 17.6 Å². The number of methoxy groups -OCH3 is 1. The number of allylic oxidation sites excluding steroid dienone is 1. The Morgan fingerprint density at radius 3 is 2.73 bits per heavy atom. The van der Waals surface area contributed by atoms with Crippen molar-refractivity contribution in [3.8, 4) is 17.2 Å². The third-order valence-corrected chi connectivity index (χ3v) is 4.50. The monoisotopic (exact) mass is 372 g/mol. The van der Waals surface area contributed by atoms with Gasteiger partial charge in [-0.1, -0.05) is 30.0 Å². The molecule has 26 heavy (non-hydrogen) atoms. The smallest absolute Gasteiger partial charge is 0.341 e. The molecule has 0 radical (unpaired) electrons. The first kappa shape index (κ1) is 17.9. The summed E-state index contributed by atoms with van der Waals surface area (Å²) in [6.45, 7) is -0.533. The van der Waals surface area contributed by atoms with Crippen molar-refractivity contribution in [3.63, 3.8) is 0 Å². The first-order valence-electron chi connectivity index (χ1n) is 7.71. The van der Waals surface area contributed by atoms with Crippen molar-refractivity contribution in [2.75, 3.05) is 19.7 Å². The van der Waals surface area contributed by atoms with E-state index >= 15 is 0 Å². The van der Waals surface area contributed by atoms with Gasteiger partial charge in [0.25, 0.3) is 0 Å². The van der Waals surface area contributed by atoms with Crippen molar-refractivity contribution < 1.29 is 28.9 Å². The van der Waals surface area contributed by atoms with Crippen molar-refractivity contribution in [3.05, 3.63) is 53.6 Å². The number of carbonyl (C=O) groups excluding carboxylic acids is 1. The summed E-state index contributed by atoms with van der Waals surface area (Å²) in [6, 6.07) is 10.5. The molecule has 0 bridgehead atoms. The molecule has 0 amide bonds. The third kappa shape index (κ3) is 4.18. The first-order valence-corrected chi connectivity index (χ1v) is 8.70. The highest BCUT2D eigenvalue weighted by Crippen LogP contribution is 2.40. The molecule has 134 valence electrons. The maximum atomic E-state index is 12.6. The van der Waals surface area contributed by atoms with Gasteiger partial charge in [0.2, 0.25) is 0 Å². The van der Waals surface area contributed by atoms with Crippen LogP contribution in [0.25, 0.3) is 6.08 Å². The highest BCUT2D eigenvalue weighted by atomic mass is 32.2. The second-order valence-corrected chi connectivity index (χ2v) is 6.32. The molecule has 1 heterocycles. The minimum atomic E-state index is -1.12. The van der Waals surface area contributed by atoms with Gasteiger partial charge in [-0.3, -0.25) is 4.79 Å². The van der Waals surface area contributed by atoms with E-state index in [1.54, 1.807) is 37.5 Å².